The highest BCUT2D eigenvalue weighted by Gasteiger charge is 2.20. The first-order valence-electron chi connectivity index (χ1n) is 6.06. The number of benzene rings is 2. The van der Waals surface area contributed by atoms with Crippen molar-refractivity contribution in [1.82, 2.24) is 0 Å². The van der Waals surface area contributed by atoms with Crippen LogP contribution < -0.4 is 9.47 Å². The second-order valence-electron chi connectivity index (χ2n) is 4.13. The highest BCUT2D eigenvalue weighted by molar-refractivity contribution is 5.69. The minimum absolute atomic E-state index is 0.0797. The molecule has 6 nitrogen and oxygen atoms in total. The van der Waals surface area contributed by atoms with E-state index < -0.39 is 4.92 Å². The van der Waals surface area contributed by atoms with Crippen molar-refractivity contribution in [2.45, 2.75) is 6.61 Å². The van der Waals surface area contributed by atoms with E-state index in [1.807, 2.05) is 30.3 Å². The standard InChI is InChI=1S/C15H12N2O4/c1-16-12-8-14(20-2)15(9-13(12)17(18)19)21-10-11-6-4-3-5-7-11/h3-9H,10H2,2H3. The molecule has 0 saturated carbocycles. The van der Waals surface area contributed by atoms with Crippen molar-refractivity contribution < 1.29 is 14.4 Å². The smallest absolute Gasteiger partial charge is 0.282 e. The van der Waals surface area contributed by atoms with Gasteiger partial charge in [0.25, 0.3) is 11.4 Å². The minimum atomic E-state index is -0.609. The quantitative estimate of drug-likeness (QED) is 0.476. The summed E-state index contributed by atoms with van der Waals surface area (Å²) in [4.78, 5) is 13.5. The highest BCUT2D eigenvalue weighted by Crippen LogP contribution is 2.39. The number of rotatable bonds is 5. The molecule has 0 radical (unpaired) electrons. The van der Waals surface area contributed by atoms with E-state index >= 15 is 0 Å². The first-order valence-corrected chi connectivity index (χ1v) is 6.06. The predicted molar refractivity (Wildman–Crippen MR) is 76.7 cm³/mol. The molecule has 0 saturated heterocycles. The third kappa shape index (κ3) is 3.28. The van der Waals surface area contributed by atoms with Crippen molar-refractivity contribution in [3.05, 3.63) is 69.6 Å². The molecule has 106 valence electrons. The Morgan fingerprint density at radius 2 is 1.95 bits per heavy atom. The van der Waals surface area contributed by atoms with Gasteiger partial charge in [-0.1, -0.05) is 30.3 Å². The Balaban J connectivity index is 2.32. The molecule has 2 aromatic carbocycles. The maximum atomic E-state index is 11.0. The minimum Gasteiger partial charge on any atom is -0.494 e. The van der Waals surface area contributed by atoms with Gasteiger partial charge in [-0.05, 0) is 11.6 Å². The van der Waals surface area contributed by atoms with Crippen LogP contribution in [-0.2, 0) is 6.61 Å². The summed E-state index contributed by atoms with van der Waals surface area (Å²) < 4.78 is 10.7. The summed E-state index contributed by atoms with van der Waals surface area (Å²) in [7, 11) is 1.42. The van der Waals surface area contributed by atoms with Gasteiger partial charge in [0.05, 0.1) is 24.7 Å². The van der Waals surface area contributed by atoms with Crippen LogP contribution in [0.5, 0.6) is 11.5 Å². The lowest BCUT2D eigenvalue weighted by Crippen LogP contribution is -1.99. The summed E-state index contributed by atoms with van der Waals surface area (Å²) in [6.07, 6.45) is 0. The maximum absolute atomic E-state index is 11.0. The van der Waals surface area contributed by atoms with Gasteiger partial charge in [0, 0.05) is 0 Å². The van der Waals surface area contributed by atoms with Crippen LogP contribution in [0.3, 0.4) is 0 Å². The zero-order chi connectivity index (χ0) is 15.2. The van der Waals surface area contributed by atoms with Crippen molar-refractivity contribution >= 4 is 11.4 Å². The van der Waals surface area contributed by atoms with Gasteiger partial charge in [-0.25, -0.2) is 4.85 Å². The van der Waals surface area contributed by atoms with E-state index in [0.717, 1.165) is 5.56 Å². The molecule has 6 heteroatoms. The lowest BCUT2D eigenvalue weighted by molar-refractivity contribution is -0.383. The van der Waals surface area contributed by atoms with Gasteiger partial charge in [0.2, 0.25) is 0 Å². The van der Waals surface area contributed by atoms with Crippen LogP contribution >= 0.6 is 0 Å². The van der Waals surface area contributed by atoms with Crippen LogP contribution in [0.25, 0.3) is 4.85 Å². The summed E-state index contributed by atoms with van der Waals surface area (Å²) in [5.41, 5.74) is 0.550. The van der Waals surface area contributed by atoms with Crippen LogP contribution in [0, 0.1) is 16.7 Å². The molecule has 0 spiro atoms. The summed E-state index contributed by atoms with van der Waals surface area (Å²) in [6.45, 7) is 7.24. The van der Waals surface area contributed by atoms with Gasteiger partial charge in [-0.2, -0.15) is 0 Å². The highest BCUT2D eigenvalue weighted by atomic mass is 16.6. The second-order valence-corrected chi connectivity index (χ2v) is 4.13. The van der Waals surface area contributed by atoms with Crippen molar-refractivity contribution in [3.8, 4) is 11.5 Å². The second kappa shape index (κ2) is 6.39. The Morgan fingerprint density at radius 3 is 2.52 bits per heavy atom. The summed E-state index contributed by atoms with van der Waals surface area (Å²) in [5.74, 6) is 0.531. The Kier molecular flexibility index (Phi) is 4.36. The van der Waals surface area contributed by atoms with Crippen LogP contribution in [0.4, 0.5) is 11.4 Å². The molecule has 0 N–H and O–H groups in total. The fourth-order valence-electron chi connectivity index (χ4n) is 1.78. The number of hydrogen-bond acceptors (Lipinski definition) is 4. The van der Waals surface area contributed by atoms with Gasteiger partial charge >= 0.3 is 0 Å². The maximum Gasteiger partial charge on any atom is 0.282 e. The Bertz CT molecular complexity index is 693. The van der Waals surface area contributed by atoms with Gasteiger partial charge in [0.15, 0.2) is 11.5 Å². The summed E-state index contributed by atoms with van der Waals surface area (Å²) in [6, 6.07) is 11.9. The fourth-order valence-corrected chi connectivity index (χ4v) is 1.78. The average molecular weight is 284 g/mol. The molecule has 0 amide bonds. The van der Waals surface area contributed by atoms with E-state index in [-0.39, 0.29) is 23.7 Å². The normalized spacial score (nSPS) is 9.71. The number of methoxy groups -OCH3 is 1. The topological polar surface area (TPSA) is 66.0 Å². The largest absolute Gasteiger partial charge is 0.494 e. The average Bonchev–Trinajstić information content (AvgIpc) is 2.52. The van der Waals surface area contributed by atoms with Gasteiger partial charge in [-0.15, -0.1) is 0 Å². The Labute approximate surface area is 121 Å². The van der Waals surface area contributed by atoms with E-state index in [1.54, 1.807) is 0 Å². The molecular weight excluding hydrogens is 272 g/mol. The van der Waals surface area contributed by atoms with E-state index in [2.05, 4.69) is 4.85 Å². The lowest BCUT2D eigenvalue weighted by Gasteiger charge is -2.11. The number of nitro groups is 1. The molecule has 0 bridgehead atoms. The Hall–Kier alpha value is -3.07. The fraction of sp³-hybridized carbons (Fsp3) is 0.133. The molecule has 0 unspecified atom stereocenters. The van der Waals surface area contributed by atoms with Crippen LogP contribution in [-0.4, -0.2) is 12.0 Å². The van der Waals surface area contributed by atoms with Crippen LogP contribution in [0.1, 0.15) is 5.56 Å². The van der Waals surface area contributed by atoms with Crippen molar-refractivity contribution in [2.24, 2.45) is 0 Å². The molecule has 2 rings (SSSR count). The first kappa shape index (κ1) is 14.3. The van der Waals surface area contributed by atoms with Gasteiger partial charge < -0.3 is 9.47 Å². The molecule has 0 aliphatic rings. The molecule has 0 fully saturated rings. The molecule has 0 atom stereocenters. The Morgan fingerprint density at radius 1 is 1.24 bits per heavy atom. The SMILES string of the molecule is [C-]#[N+]c1cc(OC)c(OCc2ccccc2)cc1[N+](=O)[O-]. The molecule has 0 aliphatic heterocycles. The van der Waals surface area contributed by atoms with E-state index in [0.29, 0.717) is 5.75 Å². The first-order chi connectivity index (χ1) is 10.2. The van der Waals surface area contributed by atoms with E-state index in [9.17, 15) is 10.1 Å². The summed E-state index contributed by atoms with van der Waals surface area (Å²) in [5, 5.41) is 11.0. The third-order valence-electron chi connectivity index (χ3n) is 2.82. The van der Waals surface area contributed by atoms with Gasteiger partial charge in [-0.3, -0.25) is 10.1 Å². The zero-order valence-electron chi connectivity index (χ0n) is 11.3. The number of hydrogen-bond donors (Lipinski definition) is 0. The van der Waals surface area contributed by atoms with Crippen molar-refractivity contribution in [3.63, 3.8) is 0 Å². The van der Waals surface area contributed by atoms with Crippen molar-refractivity contribution in [2.75, 3.05) is 7.11 Å². The van der Waals surface area contributed by atoms with Crippen molar-refractivity contribution in [1.29, 1.82) is 0 Å². The number of nitro benzene ring substituents is 1. The van der Waals surface area contributed by atoms with E-state index in [4.69, 9.17) is 16.0 Å². The number of ether oxygens (including phenoxy) is 2. The molecule has 21 heavy (non-hydrogen) atoms. The lowest BCUT2D eigenvalue weighted by atomic mass is 10.2. The van der Waals surface area contributed by atoms with Crippen LogP contribution in [0.2, 0.25) is 0 Å². The number of nitrogens with zero attached hydrogens (tertiary/aromatic N) is 2. The van der Waals surface area contributed by atoms with E-state index in [1.165, 1.54) is 19.2 Å². The monoisotopic (exact) mass is 284 g/mol. The van der Waals surface area contributed by atoms with Gasteiger partial charge in [0.1, 0.15) is 6.61 Å². The molecule has 0 aromatic heterocycles. The predicted octanol–water partition coefficient (Wildman–Crippen LogP) is 3.73. The summed E-state index contributed by atoms with van der Waals surface area (Å²) >= 11 is 0. The third-order valence-corrected chi connectivity index (χ3v) is 2.82. The molecule has 0 heterocycles. The molecule has 0 aliphatic carbocycles. The molecule has 2 aromatic rings. The zero-order valence-corrected chi connectivity index (χ0v) is 11.3. The van der Waals surface area contributed by atoms with Crippen LogP contribution in [0.15, 0.2) is 42.5 Å². The molecular formula is C15H12N2O4.